The highest BCUT2D eigenvalue weighted by atomic mass is 79.9. The molecule has 4 amide bonds. The van der Waals surface area contributed by atoms with Gasteiger partial charge in [-0.1, -0.05) is 52.3 Å². The van der Waals surface area contributed by atoms with Crippen LogP contribution >= 0.6 is 15.9 Å². The molecule has 0 saturated carbocycles. The Labute approximate surface area is 153 Å². The molecule has 7 heteroatoms. The Morgan fingerprint density at radius 3 is 2.56 bits per heavy atom. The molecular formula is C18H16BrN3O3. The van der Waals surface area contributed by atoms with Gasteiger partial charge < -0.3 is 10.6 Å². The maximum Gasteiger partial charge on any atom is 0.325 e. The van der Waals surface area contributed by atoms with Crippen molar-refractivity contribution >= 4 is 39.5 Å². The van der Waals surface area contributed by atoms with Crippen LogP contribution in [-0.2, 0) is 15.1 Å². The van der Waals surface area contributed by atoms with Gasteiger partial charge in [-0.25, -0.2) is 4.79 Å². The van der Waals surface area contributed by atoms with Crippen molar-refractivity contribution < 1.29 is 14.4 Å². The summed E-state index contributed by atoms with van der Waals surface area (Å²) in [6.07, 6.45) is 0. The number of anilines is 1. The van der Waals surface area contributed by atoms with Gasteiger partial charge in [0.2, 0.25) is 5.91 Å². The average Bonchev–Trinajstić information content (AvgIpc) is 2.80. The number of hydrogen-bond donors (Lipinski definition) is 2. The molecule has 1 fully saturated rings. The fourth-order valence-electron chi connectivity index (χ4n) is 2.72. The molecule has 0 aliphatic carbocycles. The van der Waals surface area contributed by atoms with Gasteiger partial charge in [-0.3, -0.25) is 14.5 Å². The summed E-state index contributed by atoms with van der Waals surface area (Å²) >= 11 is 3.32. The number of carbonyl (C=O) groups excluding carboxylic acids is 3. The lowest BCUT2D eigenvalue weighted by molar-refractivity contribution is -0.133. The van der Waals surface area contributed by atoms with Crippen LogP contribution in [0.3, 0.4) is 0 Å². The SMILES string of the molecule is C[C@]1(c2ccccc2)NC(=O)N(CC(=O)Nc2cccc(Br)c2)C1=O. The van der Waals surface area contributed by atoms with Crippen molar-refractivity contribution in [1.82, 2.24) is 10.2 Å². The van der Waals surface area contributed by atoms with Gasteiger partial charge in [0.1, 0.15) is 12.1 Å². The highest BCUT2D eigenvalue weighted by molar-refractivity contribution is 9.10. The average molecular weight is 402 g/mol. The Morgan fingerprint density at radius 1 is 1.16 bits per heavy atom. The lowest BCUT2D eigenvalue weighted by Crippen LogP contribution is -2.42. The molecule has 3 rings (SSSR count). The minimum absolute atomic E-state index is 0.348. The molecule has 1 atom stereocenters. The summed E-state index contributed by atoms with van der Waals surface area (Å²) in [4.78, 5) is 38.1. The predicted molar refractivity (Wildman–Crippen MR) is 96.8 cm³/mol. The molecule has 0 unspecified atom stereocenters. The van der Waals surface area contributed by atoms with Crippen LogP contribution in [0.4, 0.5) is 10.5 Å². The van der Waals surface area contributed by atoms with Crippen LogP contribution in [0.2, 0.25) is 0 Å². The molecule has 2 aromatic carbocycles. The predicted octanol–water partition coefficient (Wildman–Crippen LogP) is 2.85. The van der Waals surface area contributed by atoms with Gasteiger partial charge in [-0.2, -0.15) is 0 Å². The van der Waals surface area contributed by atoms with E-state index in [-0.39, 0.29) is 6.54 Å². The lowest BCUT2D eigenvalue weighted by Gasteiger charge is -2.22. The van der Waals surface area contributed by atoms with Crippen LogP contribution in [0, 0.1) is 0 Å². The third-order valence-electron chi connectivity index (χ3n) is 4.04. The fraction of sp³-hybridized carbons (Fsp3) is 0.167. The molecule has 0 bridgehead atoms. The minimum atomic E-state index is -1.17. The number of hydrogen-bond acceptors (Lipinski definition) is 3. The molecule has 1 aliphatic heterocycles. The third kappa shape index (κ3) is 3.41. The number of rotatable bonds is 4. The van der Waals surface area contributed by atoms with Gasteiger partial charge in [-0.15, -0.1) is 0 Å². The van der Waals surface area contributed by atoms with Crippen LogP contribution in [-0.4, -0.2) is 29.3 Å². The zero-order valence-electron chi connectivity index (χ0n) is 13.5. The van der Waals surface area contributed by atoms with E-state index in [1.54, 1.807) is 49.4 Å². The zero-order valence-corrected chi connectivity index (χ0v) is 15.0. The monoisotopic (exact) mass is 401 g/mol. The summed E-state index contributed by atoms with van der Waals surface area (Å²) in [6.45, 7) is 1.29. The van der Waals surface area contributed by atoms with Crippen LogP contribution < -0.4 is 10.6 Å². The number of carbonyl (C=O) groups is 3. The van der Waals surface area contributed by atoms with E-state index in [2.05, 4.69) is 26.6 Å². The topological polar surface area (TPSA) is 78.5 Å². The molecule has 2 N–H and O–H groups in total. The Kier molecular flexibility index (Phi) is 4.59. The molecule has 1 saturated heterocycles. The quantitative estimate of drug-likeness (QED) is 0.773. The Bertz CT molecular complexity index is 840. The van der Waals surface area contributed by atoms with E-state index in [1.807, 2.05) is 12.1 Å². The second-order valence-electron chi connectivity index (χ2n) is 5.87. The van der Waals surface area contributed by atoms with E-state index in [0.29, 0.717) is 11.3 Å². The number of urea groups is 1. The van der Waals surface area contributed by atoms with Crippen molar-refractivity contribution in [3.05, 3.63) is 64.6 Å². The van der Waals surface area contributed by atoms with E-state index in [9.17, 15) is 14.4 Å². The van der Waals surface area contributed by atoms with Gasteiger partial charge in [0, 0.05) is 10.2 Å². The van der Waals surface area contributed by atoms with Crippen molar-refractivity contribution in [3.63, 3.8) is 0 Å². The summed E-state index contributed by atoms with van der Waals surface area (Å²) in [7, 11) is 0. The number of imide groups is 1. The first-order valence-electron chi connectivity index (χ1n) is 7.65. The molecule has 25 heavy (non-hydrogen) atoms. The van der Waals surface area contributed by atoms with Crippen molar-refractivity contribution in [3.8, 4) is 0 Å². The largest absolute Gasteiger partial charge is 0.325 e. The summed E-state index contributed by atoms with van der Waals surface area (Å²) in [5.41, 5.74) is 0.0782. The van der Waals surface area contributed by atoms with Gasteiger partial charge >= 0.3 is 6.03 Å². The number of benzene rings is 2. The summed E-state index contributed by atoms with van der Waals surface area (Å²) in [5.74, 6) is -0.896. The van der Waals surface area contributed by atoms with Gasteiger partial charge in [0.05, 0.1) is 0 Å². The molecule has 2 aromatic rings. The molecule has 0 radical (unpaired) electrons. The summed E-state index contributed by atoms with van der Waals surface area (Å²) in [6, 6.07) is 15.4. The highest BCUT2D eigenvalue weighted by Gasteiger charge is 2.49. The summed E-state index contributed by atoms with van der Waals surface area (Å²) in [5, 5.41) is 5.35. The van der Waals surface area contributed by atoms with E-state index in [1.165, 1.54) is 0 Å². The van der Waals surface area contributed by atoms with E-state index >= 15 is 0 Å². The standard InChI is InChI=1S/C18H16BrN3O3/c1-18(12-6-3-2-4-7-12)16(24)22(17(25)21-18)11-15(23)20-14-9-5-8-13(19)10-14/h2-10H,11H2,1H3,(H,20,23)(H,21,25)/t18-/m1/s1. The first-order chi connectivity index (χ1) is 11.9. The molecule has 0 aromatic heterocycles. The van der Waals surface area contributed by atoms with Crippen molar-refractivity contribution in [2.45, 2.75) is 12.5 Å². The van der Waals surface area contributed by atoms with Crippen LogP contribution in [0.25, 0.3) is 0 Å². The Hall–Kier alpha value is -2.67. The van der Waals surface area contributed by atoms with Gasteiger partial charge in [0.25, 0.3) is 5.91 Å². The normalized spacial score (nSPS) is 19.7. The zero-order chi connectivity index (χ0) is 18.0. The molecule has 6 nitrogen and oxygen atoms in total. The fourth-order valence-corrected chi connectivity index (χ4v) is 3.12. The number of amides is 4. The number of nitrogens with one attached hydrogen (secondary N) is 2. The maximum absolute atomic E-state index is 12.7. The molecule has 1 heterocycles. The van der Waals surface area contributed by atoms with Crippen LogP contribution in [0.1, 0.15) is 12.5 Å². The Morgan fingerprint density at radius 2 is 1.88 bits per heavy atom. The molecule has 128 valence electrons. The summed E-state index contributed by atoms with van der Waals surface area (Å²) < 4.78 is 0.817. The van der Waals surface area contributed by atoms with Crippen molar-refractivity contribution in [1.29, 1.82) is 0 Å². The minimum Gasteiger partial charge on any atom is -0.324 e. The molecule has 0 spiro atoms. The second-order valence-corrected chi connectivity index (χ2v) is 6.79. The van der Waals surface area contributed by atoms with Crippen LogP contribution in [0.15, 0.2) is 59.1 Å². The highest BCUT2D eigenvalue weighted by Crippen LogP contribution is 2.28. The first kappa shape index (κ1) is 17.2. The smallest absolute Gasteiger partial charge is 0.324 e. The van der Waals surface area contributed by atoms with Crippen LogP contribution in [0.5, 0.6) is 0 Å². The van der Waals surface area contributed by atoms with Gasteiger partial charge in [0.15, 0.2) is 0 Å². The van der Waals surface area contributed by atoms with E-state index in [4.69, 9.17) is 0 Å². The van der Waals surface area contributed by atoms with Gasteiger partial charge in [-0.05, 0) is 30.7 Å². The third-order valence-corrected chi connectivity index (χ3v) is 4.53. The molecule has 1 aliphatic rings. The Balaban J connectivity index is 1.74. The van der Waals surface area contributed by atoms with Crippen molar-refractivity contribution in [2.75, 3.05) is 11.9 Å². The van der Waals surface area contributed by atoms with E-state index in [0.717, 1.165) is 9.37 Å². The molecular weight excluding hydrogens is 386 g/mol. The van der Waals surface area contributed by atoms with E-state index < -0.39 is 23.4 Å². The first-order valence-corrected chi connectivity index (χ1v) is 8.44. The lowest BCUT2D eigenvalue weighted by atomic mass is 9.92. The maximum atomic E-state index is 12.7. The number of halogens is 1. The second kappa shape index (κ2) is 6.68. The number of nitrogens with zero attached hydrogens (tertiary/aromatic N) is 1. The van der Waals surface area contributed by atoms with Crippen molar-refractivity contribution in [2.24, 2.45) is 0 Å².